The molecule has 7 heteroatoms. The van der Waals surface area contributed by atoms with Crippen molar-refractivity contribution < 1.29 is 14.5 Å². The number of nitrogens with zero attached hydrogens (tertiary/aromatic N) is 2. The molecule has 1 heterocycles. The van der Waals surface area contributed by atoms with E-state index in [2.05, 4.69) is 5.32 Å². The molecule has 2 atom stereocenters. The van der Waals surface area contributed by atoms with Gasteiger partial charge < -0.3 is 15.0 Å². The predicted octanol–water partition coefficient (Wildman–Crippen LogP) is 3.79. The fourth-order valence-electron chi connectivity index (χ4n) is 2.87. The Morgan fingerprint density at radius 3 is 2.62 bits per heavy atom. The third kappa shape index (κ3) is 4.59. The molecular formula is C17H25N3O4. The summed E-state index contributed by atoms with van der Waals surface area (Å²) in [6.07, 6.45) is 1.13. The summed E-state index contributed by atoms with van der Waals surface area (Å²) in [5.41, 5.74) is 0.0708. The number of piperidine rings is 1. The van der Waals surface area contributed by atoms with E-state index >= 15 is 0 Å². The zero-order valence-corrected chi connectivity index (χ0v) is 14.6. The fraction of sp³-hybridized carbons (Fsp3) is 0.588. The first-order valence-corrected chi connectivity index (χ1v) is 8.17. The van der Waals surface area contributed by atoms with E-state index in [4.69, 9.17) is 4.74 Å². The first-order chi connectivity index (χ1) is 11.2. The van der Waals surface area contributed by atoms with Gasteiger partial charge >= 0.3 is 6.09 Å². The van der Waals surface area contributed by atoms with Gasteiger partial charge in [-0.15, -0.1) is 0 Å². The summed E-state index contributed by atoms with van der Waals surface area (Å²) >= 11 is 0. The van der Waals surface area contributed by atoms with Crippen LogP contribution in [0.15, 0.2) is 24.3 Å². The second-order valence-corrected chi connectivity index (χ2v) is 7.16. The molecule has 2 rings (SSSR count). The van der Waals surface area contributed by atoms with E-state index in [9.17, 15) is 14.9 Å². The highest BCUT2D eigenvalue weighted by Crippen LogP contribution is 2.28. The molecule has 0 saturated carbocycles. The molecule has 1 aromatic carbocycles. The number of nitrogens with one attached hydrogen (secondary N) is 1. The molecule has 0 radical (unpaired) electrons. The molecule has 1 aliphatic rings. The molecule has 0 aliphatic carbocycles. The maximum Gasteiger partial charge on any atom is 0.410 e. The molecular weight excluding hydrogens is 310 g/mol. The number of rotatable bonds is 3. The molecule has 0 aromatic heterocycles. The molecule has 1 N–H and O–H groups in total. The van der Waals surface area contributed by atoms with Gasteiger partial charge in [-0.1, -0.05) is 12.1 Å². The van der Waals surface area contributed by atoms with E-state index in [1.54, 1.807) is 23.1 Å². The highest BCUT2D eigenvalue weighted by Gasteiger charge is 2.32. The highest BCUT2D eigenvalue weighted by atomic mass is 16.6. The summed E-state index contributed by atoms with van der Waals surface area (Å²) in [6.45, 7) is 8.07. The quantitative estimate of drug-likeness (QED) is 0.671. The first-order valence-electron chi connectivity index (χ1n) is 8.17. The number of nitro benzene ring substituents is 1. The van der Waals surface area contributed by atoms with Crippen molar-refractivity contribution in [1.82, 2.24) is 4.90 Å². The Morgan fingerprint density at radius 2 is 2.04 bits per heavy atom. The van der Waals surface area contributed by atoms with E-state index in [1.807, 2.05) is 27.7 Å². The minimum atomic E-state index is -0.517. The van der Waals surface area contributed by atoms with Crippen LogP contribution in [-0.2, 0) is 4.74 Å². The average molecular weight is 335 g/mol. The van der Waals surface area contributed by atoms with Crippen molar-refractivity contribution in [3.05, 3.63) is 34.4 Å². The van der Waals surface area contributed by atoms with Crippen LogP contribution in [0.2, 0.25) is 0 Å². The lowest BCUT2D eigenvalue weighted by atomic mass is 9.98. The van der Waals surface area contributed by atoms with Crippen molar-refractivity contribution in [3.63, 3.8) is 0 Å². The summed E-state index contributed by atoms with van der Waals surface area (Å²) in [4.78, 5) is 24.7. The highest BCUT2D eigenvalue weighted by molar-refractivity contribution is 5.69. The molecule has 0 spiro atoms. The van der Waals surface area contributed by atoms with Crippen LogP contribution in [0, 0.1) is 10.1 Å². The number of carbonyl (C=O) groups excluding carboxylic acids is 1. The third-order valence-electron chi connectivity index (χ3n) is 3.96. The predicted molar refractivity (Wildman–Crippen MR) is 92.1 cm³/mol. The molecule has 1 aromatic rings. The van der Waals surface area contributed by atoms with Crippen molar-refractivity contribution >= 4 is 17.5 Å². The first kappa shape index (κ1) is 18.0. The van der Waals surface area contributed by atoms with Crippen LogP contribution in [0.5, 0.6) is 0 Å². The average Bonchev–Trinajstić information content (AvgIpc) is 2.45. The number of anilines is 1. The Balaban J connectivity index is 1.99. The maximum atomic E-state index is 12.2. The maximum absolute atomic E-state index is 12.2. The van der Waals surface area contributed by atoms with Gasteiger partial charge in [0.05, 0.1) is 4.92 Å². The number of likely N-dealkylation sites (tertiary alicyclic amines) is 1. The van der Waals surface area contributed by atoms with Gasteiger partial charge in [0.25, 0.3) is 5.69 Å². The van der Waals surface area contributed by atoms with Crippen molar-refractivity contribution in [2.24, 2.45) is 0 Å². The number of para-hydroxylation sites is 2. The van der Waals surface area contributed by atoms with Crippen molar-refractivity contribution in [2.75, 3.05) is 11.9 Å². The number of amides is 1. The molecule has 2 unspecified atom stereocenters. The standard InChI is InChI=1S/C17H25N3O4/c1-12-11-13(9-10-19(12)16(21)24-17(2,3)4)18-14-7-5-6-8-15(14)20(22)23/h5-8,12-13,18H,9-11H2,1-4H3. The van der Waals surface area contributed by atoms with Crippen molar-refractivity contribution in [1.29, 1.82) is 0 Å². The van der Waals surface area contributed by atoms with Crippen molar-refractivity contribution in [3.8, 4) is 0 Å². The van der Waals surface area contributed by atoms with Gasteiger partial charge in [0.15, 0.2) is 0 Å². The van der Waals surface area contributed by atoms with Gasteiger partial charge in [0, 0.05) is 24.7 Å². The Morgan fingerprint density at radius 1 is 1.38 bits per heavy atom. The topological polar surface area (TPSA) is 84.7 Å². The van der Waals surface area contributed by atoms with Crippen LogP contribution in [0.3, 0.4) is 0 Å². The van der Waals surface area contributed by atoms with E-state index in [0.717, 1.165) is 6.42 Å². The Hall–Kier alpha value is -2.31. The van der Waals surface area contributed by atoms with Gasteiger partial charge in [0.2, 0.25) is 0 Å². The second kappa shape index (κ2) is 7.07. The Labute approximate surface area is 142 Å². The Kier molecular flexibility index (Phi) is 5.31. The summed E-state index contributed by atoms with van der Waals surface area (Å²) < 4.78 is 5.43. The molecule has 1 fully saturated rings. The van der Waals surface area contributed by atoms with Gasteiger partial charge in [-0.3, -0.25) is 10.1 Å². The van der Waals surface area contributed by atoms with Gasteiger partial charge in [-0.25, -0.2) is 4.79 Å². The molecule has 1 saturated heterocycles. The smallest absolute Gasteiger partial charge is 0.410 e. The minimum absolute atomic E-state index is 0.00821. The van der Waals surface area contributed by atoms with Crippen LogP contribution < -0.4 is 5.32 Å². The second-order valence-electron chi connectivity index (χ2n) is 7.16. The van der Waals surface area contributed by atoms with Gasteiger partial charge in [-0.2, -0.15) is 0 Å². The molecule has 1 aliphatic heterocycles. The molecule has 7 nitrogen and oxygen atoms in total. The normalized spacial score (nSPS) is 21.2. The lowest BCUT2D eigenvalue weighted by Gasteiger charge is -2.38. The number of benzene rings is 1. The van der Waals surface area contributed by atoms with Crippen LogP contribution >= 0.6 is 0 Å². The number of nitro groups is 1. The summed E-state index contributed by atoms with van der Waals surface area (Å²) in [7, 11) is 0. The van der Waals surface area contributed by atoms with Gasteiger partial charge in [-0.05, 0) is 46.6 Å². The molecule has 1 amide bonds. The van der Waals surface area contributed by atoms with Crippen molar-refractivity contribution in [2.45, 2.75) is 58.2 Å². The minimum Gasteiger partial charge on any atom is -0.444 e. The fourth-order valence-corrected chi connectivity index (χ4v) is 2.87. The monoisotopic (exact) mass is 335 g/mol. The van der Waals surface area contributed by atoms with E-state index in [0.29, 0.717) is 18.7 Å². The van der Waals surface area contributed by atoms with Crippen LogP contribution in [0.25, 0.3) is 0 Å². The van der Waals surface area contributed by atoms with Crippen LogP contribution in [-0.4, -0.2) is 40.1 Å². The number of hydrogen-bond acceptors (Lipinski definition) is 5. The molecule has 24 heavy (non-hydrogen) atoms. The number of carbonyl (C=O) groups is 1. The van der Waals surface area contributed by atoms with Gasteiger partial charge in [0.1, 0.15) is 11.3 Å². The molecule has 132 valence electrons. The Bertz CT molecular complexity index is 612. The lowest BCUT2D eigenvalue weighted by molar-refractivity contribution is -0.384. The zero-order chi connectivity index (χ0) is 17.9. The van der Waals surface area contributed by atoms with Crippen LogP contribution in [0.1, 0.15) is 40.5 Å². The number of ether oxygens (including phenoxy) is 1. The summed E-state index contributed by atoms with van der Waals surface area (Å²) in [5, 5.41) is 14.3. The van der Waals surface area contributed by atoms with E-state index in [-0.39, 0.29) is 28.8 Å². The SMILES string of the molecule is CC1CC(Nc2ccccc2[N+](=O)[O-])CCN1C(=O)OC(C)(C)C. The molecule has 0 bridgehead atoms. The summed E-state index contributed by atoms with van der Waals surface area (Å²) in [6, 6.07) is 6.71. The van der Waals surface area contributed by atoms with Crippen LogP contribution in [0.4, 0.5) is 16.2 Å². The van der Waals surface area contributed by atoms with E-state index in [1.165, 1.54) is 6.07 Å². The lowest BCUT2D eigenvalue weighted by Crippen LogP contribution is -2.49. The van der Waals surface area contributed by atoms with E-state index < -0.39 is 5.60 Å². The zero-order valence-electron chi connectivity index (χ0n) is 14.6. The summed E-state index contributed by atoms with van der Waals surface area (Å²) in [5.74, 6) is 0. The number of hydrogen-bond donors (Lipinski definition) is 1. The largest absolute Gasteiger partial charge is 0.444 e. The third-order valence-corrected chi connectivity index (χ3v) is 3.96.